The van der Waals surface area contributed by atoms with Crippen molar-refractivity contribution in [2.45, 2.75) is 34.2 Å². The second-order valence-corrected chi connectivity index (χ2v) is 7.95. The van der Waals surface area contributed by atoms with Crippen LogP contribution in [0.15, 0.2) is 53.6 Å². The second-order valence-electron chi connectivity index (χ2n) is 7.95. The molecule has 0 spiro atoms. The van der Waals surface area contributed by atoms with Crippen molar-refractivity contribution in [2.24, 2.45) is 0 Å². The van der Waals surface area contributed by atoms with E-state index in [1.165, 1.54) is 34.7 Å². The topological polar surface area (TPSA) is 100 Å². The van der Waals surface area contributed by atoms with E-state index < -0.39 is 10.5 Å². The Hall–Kier alpha value is -4.07. The van der Waals surface area contributed by atoms with E-state index in [4.69, 9.17) is 0 Å². The van der Waals surface area contributed by atoms with E-state index in [1.807, 2.05) is 37.5 Å². The molecule has 0 saturated heterocycles. The minimum Gasteiger partial charge on any atom is -0.318 e. The number of Topliss-reactive ketones (excluding diaryl/α,β-unsaturated/α-hetero) is 1. The Morgan fingerprint density at radius 3 is 2.47 bits per heavy atom. The number of hydrogen-bond donors (Lipinski definition) is 0. The van der Waals surface area contributed by atoms with Gasteiger partial charge in [-0.05, 0) is 63.1 Å². The van der Waals surface area contributed by atoms with Crippen LogP contribution in [-0.2, 0) is 6.54 Å². The van der Waals surface area contributed by atoms with E-state index in [9.17, 15) is 19.7 Å². The highest BCUT2D eigenvalue weighted by Crippen LogP contribution is 2.23. The lowest BCUT2D eigenvalue weighted by Gasteiger charge is -2.12. The van der Waals surface area contributed by atoms with Crippen LogP contribution in [-0.4, -0.2) is 24.8 Å². The monoisotopic (exact) mass is 430 g/mol. The fraction of sp³-hybridized carbons (Fsp3) is 0.208. The molecule has 0 unspecified atom stereocenters. The Kier molecular flexibility index (Phi) is 5.22. The quantitative estimate of drug-likeness (QED) is 0.268. The van der Waals surface area contributed by atoms with Gasteiger partial charge in [0.1, 0.15) is 0 Å². The predicted molar refractivity (Wildman–Crippen MR) is 122 cm³/mol. The SMILES string of the molecule is Cc1ccc(-n2c(C)cc(C(=O)Cn3cnc4cc([N+](=O)[O-])ccc4c3=O)c2C)cc1C. The van der Waals surface area contributed by atoms with Gasteiger partial charge < -0.3 is 4.57 Å². The van der Waals surface area contributed by atoms with Crippen LogP contribution in [0.25, 0.3) is 16.6 Å². The number of hydrogen-bond acceptors (Lipinski definition) is 5. The van der Waals surface area contributed by atoms with Crippen molar-refractivity contribution in [3.63, 3.8) is 0 Å². The predicted octanol–water partition coefficient (Wildman–Crippen LogP) is 4.21. The maximum atomic E-state index is 13.1. The highest BCUT2D eigenvalue weighted by molar-refractivity contribution is 5.97. The Morgan fingerprint density at radius 1 is 1.03 bits per heavy atom. The van der Waals surface area contributed by atoms with Gasteiger partial charge in [-0.2, -0.15) is 0 Å². The number of nitrogens with zero attached hydrogens (tertiary/aromatic N) is 4. The molecule has 0 saturated carbocycles. The number of benzene rings is 2. The lowest BCUT2D eigenvalue weighted by molar-refractivity contribution is -0.384. The molecule has 0 N–H and O–H groups in total. The minimum atomic E-state index is -0.540. The van der Waals surface area contributed by atoms with E-state index in [2.05, 4.69) is 24.0 Å². The molecule has 0 atom stereocenters. The van der Waals surface area contributed by atoms with Gasteiger partial charge in [0.15, 0.2) is 5.78 Å². The van der Waals surface area contributed by atoms with Crippen molar-refractivity contribution in [1.82, 2.24) is 14.1 Å². The van der Waals surface area contributed by atoms with Crippen LogP contribution in [0.2, 0.25) is 0 Å². The first-order valence-corrected chi connectivity index (χ1v) is 10.1. The second kappa shape index (κ2) is 7.88. The zero-order valence-corrected chi connectivity index (χ0v) is 18.2. The van der Waals surface area contributed by atoms with Crippen molar-refractivity contribution in [3.8, 4) is 5.69 Å². The molecule has 4 aromatic rings. The van der Waals surface area contributed by atoms with Gasteiger partial charge in [0.2, 0.25) is 0 Å². The van der Waals surface area contributed by atoms with Crippen LogP contribution in [0.5, 0.6) is 0 Å². The number of rotatable bonds is 5. The standard InChI is InChI=1S/C24H22N4O4/c1-14-5-6-18(9-15(14)2)27-16(3)10-21(17(27)4)23(29)12-26-13-25-22-11-19(28(31)32)7-8-20(22)24(26)30/h5-11,13H,12H2,1-4H3. The molecule has 32 heavy (non-hydrogen) atoms. The molecule has 0 amide bonds. The Bertz CT molecular complexity index is 1460. The zero-order chi connectivity index (χ0) is 23.2. The van der Waals surface area contributed by atoms with Gasteiger partial charge in [-0.15, -0.1) is 0 Å². The van der Waals surface area contributed by atoms with Crippen LogP contribution in [0.4, 0.5) is 5.69 Å². The van der Waals surface area contributed by atoms with Gasteiger partial charge in [0.05, 0.1) is 28.7 Å². The summed E-state index contributed by atoms with van der Waals surface area (Å²) in [7, 11) is 0. The number of non-ortho nitro benzene ring substituents is 1. The molecular weight excluding hydrogens is 408 g/mol. The zero-order valence-electron chi connectivity index (χ0n) is 18.2. The number of aromatic nitrogens is 3. The van der Waals surface area contributed by atoms with Crippen molar-refractivity contribution in [3.05, 3.63) is 97.3 Å². The number of nitro benzene ring substituents is 1. The molecule has 0 radical (unpaired) electrons. The van der Waals surface area contributed by atoms with Crippen molar-refractivity contribution in [1.29, 1.82) is 0 Å². The maximum Gasteiger partial charge on any atom is 0.271 e. The van der Waals surface area contributed by atoms with Gasteiger partial charge >= 0.3 is 0 Å². The number of aryl methyl sites for hydroxylation is 3. The first kappa shape index (κ1) is 21.2. The number of nitro groups is 1. The smallest absolute Gasteiger partial charge is 0.271 e. The van der Waals surface area contributed by atoms with Gasteiger partial charge in [-0.1, -0.05) is 6.07 Å². The fourth-order valence-corrected chi connectivity index (χ4v) is 3.92. The summed E-state index contributed by atoms with van der Waals surface area (Å²) < 4.78 is 3.26. The summed E-state index contributed by atoms with van der Waals surface area (Å²) in [6, 6.07) is 11.9. The average Bonchev–Trinajstić information content (AvgIpc) is 3.06. The van der Waals surface area contributed by atoms with Gasteiger partial charge in [-0.3, -0.25) is 24.3 Å². The minimum absolute atomic E-state index is 0.142. The molecule has 0 bridgehead atoms. The summed E-state index contributed by atoms with van der Waals surface area (Å²) in [6.45, 7) is 7.76. The van der Waals surface area contributed by atoms with Crippen molar-refractivity contribution in [2.75, 3.05) is 0 Å². The Balaban J connectivity index is 1.69. The van der Waals surface area contributed by atoms with Crippen molar-refractivity contribution >= 4 is 22.4 Å². The molecule has 8 nitrogen and oxygen atoms in total. The summed E-state index contributed by atoms with van der Waals surface area (Å²) >= 11 is 0. The molecule has 2 aromatic carbocycles. The average molecular weight is 430 g/mol. The summed E-state index contributed by atoms with van der Waals surface area (Å²) in [5, 5.41) is 11.2. The molecule has 8 heteroatoms. The van der Waals surface area contributed by atoms with E-state index in [-0.39, 0.29) is 28.9 Å². The van der Waals surface area contributed by atoms with Crippen LogP contribution in [0.1, 0.15) is 32.9 Å². The highest BCUT2D eigenvalue weighted by Gasteiger charge is 2.19. The number of ketones is 1. The Morgan fingerprint density at radius 2 is 1.78 bits per heavy atom. The summed E-state index contributed by atoms with van der Waals surface area (Å²) in [5.74, 6) is -0.210. The van der Waals surface area contributed by atoms with Crippen LogP contribution in [0.3, 0.4) is 0 Å². The van der Waals surface area contributed by atoms with E-state index >= 15 is 0 Å². The summed E-state index contributed by atoms with van der Waals surface area (Å²) in [6.07, 6.45) is 1.26. The number of fused-ring (bicyclic) bond motifs is 1. The van der Waals surface area contributed by atoms with Crippen LogP contribution >= 0.6 is 0 Å². The first-order valence-electron chi connectivity index (χ1n) is 10.1. The van der Waals surface area contributed by atoms with Crippen LogP contribution in [0, 0.1) is 37.8 Å². The van der Waals surface area contributed by atoms with Gasteiger partial charge in [-0.25, -0.2) is 4.98 Å². The van der Waals surface area contributed by atoms with Gasteiger partial charge in [0.25, 0.3) is 11.2 Å². The largest absolute Gasteiger partial charge is 0.318 e. The lowest BCUT2D eigenvalue weighted by atomic mass is 10.1. The lowest BCUT2D eigenvalue weighted by Crippen LogP contribution is -2.25. The van der Waals surface area contributed by atoms with Crippen molar-refractivity contribution < 1.29 is 9.72 Å². The number of carbonyl (C=O) groups excluding carboxylic acids is 1. The van der Waals surface area contributed by atoms with E-state index in [0.717, 1.165) is 22.6 Å². The fourth-order valence-electron chi connectivity index (χ4n) is 3.92. The molecule has 0 aliphatic carbocycles. The normalized spacial score (nSPS) is 11.1. The third kappa shape index (κ3) is 3.60. The summed E-state index contributed by atoms with van der Waals surface area (Å²) in [5.41, 5.74) is 5.26. The first-order chi connectivity index (χ1) is 15.2. The third-order valence-corrected chi connectivity index (χ3v) is 5.81. The molecule has 0 aliphatic heterocycles. The molecule has 162 valence electrons. The Labute approximate surface area is 183 Å². The maximum absolute atomic E-state index is 13.1. The highest BCUT2D eigenvalue weighted by atomic mass is 16.6. The molecule has 2 aromatic heterocycles. The molecule has 0 aliphatic rings. The molecule has 2 heterocycles. The van der Waals surface area contributed by atoms with E-state index in [1.54, 1.807) is 0 Å². The summed E-state index contributed by atoms with van der Waals surface area (Å²) in [4.78, 5) is 40.5. The molecule has 0 fully saturated rings. The molecule has 4 rings (SSSR count). The van der Waals surface area contributed by atoms with Gasteiger partial charge in [0, 0.05) is 34.8 Å². The van der Waals surface area contributed by atoms with Crippen LogP contribution < -0.4 is 5.56 Å². The van der Waals surface area contributed by atoms with E-state index in [0.29, 0.717) is 5.56 Å². The number of carbonyl (C=O) groups is 1. The third-order valence-electron chi connectivity index (χ3n) is 5.81. The molecular formula is C24H22N4O4.